The van der Waals surface area contributed by atoms with Crippen molar-refractivity contribution in [1.82, 2.24) is 0 Å². The summed E-state index contributed by atoms with van der Waals surface area (Å²) in [6.45, 7) is 2.18. The third kappa shape index (κ3) is 2.41. The molecule has 0 saturated heterocycles. The molecule has 0 spiro atoms. The highest BCUT2D eigenvalue weighted by Crippen LogP contribution is 2.34. The molecule has 0 fully saturated rings. The number of hydrogen-bond acceptors (Lipinski definition) is 2. The van der Waals surface area contributed by atoms with Crippen LogP contribution in [0.4, 0.5) is 0 Å². The van der Waals surface area contributed by atoms with Gasteiger partial charge in [-0.05, 0) is 41.0 Å². The van der Waals surface area contributed by atoms with Crippen molar-refractivity contribution in [2.24, 2.45) is 5.73 Å². The van der Waals surface area contributed by atoms with Crippen LogP contribution >= 0.6 is 27.3 Å². The molecule has 2 aromatic carbocycles. The molecule has 1 atom stereocenters. The van der Waals surface area contributed by atoms with Gasteiger partial charge in [-0.2, -0.15) is 0 Å². The van der Waals surface area contributed by atoms with Gasteiger partial charge >= 0.3 is 0 Å². The fraction of sp³-hybridized carbons (Fsp3) is 0.176. The number of aryl methyl sites for hydroxylation is 1. The van der Waals surface area contributed by atoms with Crippen LogP contribution in [0.5, 0.6) is 0 Å². The van der Waals surface area contributed by atoms with Crippen LogP contribution < -0.4 is 5.73 Å². The van der Waals surface area contributed by atoms with Gasteiger partial charge in [0.2, 0.25) is 0 Å². The van der Waals surface area contributed by atoms with Gasteiger partial charge in [-0.3, -0.25) is 0 Å². The summed E-state index contributed by atoms with van der Waals surface area (Å²) < 4.78 is 1.12. The average molecular weight is 346 g/mol. The van der Waals surface area contributed by atoms with Gasteiger partial charge in [0, 0.05) is 14.2 Å². The molecule has 3 aromatic rings. The Bertz CT molecular complexity index is 748. The van der Waals surface area contributed by atoms with Crippen LogP contribution in [0.25, 0.3) is 10.8 Å². The lowest BCUT2D eigenvalue weighted by atomic mass is 9.98. The molecule has 102 valence electrons. The van der Waals surface area contributed by atoms with E-state index in [4.69, 9.17) is 5.73 Å². The molecular weight excluding hydrogens is 330 g/mol. The molecule has 0 saturated carbocycles. The maximum absolute atomic E-state index is 6.50. The molecule has 1 unspecified atom stereocenters. The third-order valence-electron chi connectivity index (χ3n) is 3.58. The topological polar surface area (TPSA) is 26.0 Å². The predicted octanol–water partition coefficient (Wildman–Crippen LogP) is 5.27. The molecule has 0 radical (unpaired) electrons. The minimum absolute atomic E-state index is 0.0571. The Balaban J connectivity index is 2.12. The van der Waals surface area contributed by atoms with Crippen molar-refractivity contribution in [3.63, 3.8) is 0 Å². The quantitative estimate of drug-likeness (QED) is 0.686. The second kappa shape index (κ2) is 5.68. The minimum Gasteiger partial charge on any atom is -0.320 e. The lowest BCUT2D eigenvalue weighted by Gasteiger charge is -2.14. The van der Waals surface area contributed by atoms with E-state index >= 15 is 0 Å². The summed E-state index contributed by atoms with van der Waals surface area (Å²) in [6.07, 6.45) is 1.07. The Morgan fingerprint density at radius 1 is 1.05 bits per heavy atom. The summed E-state index contributed by atoms with van der Waals surface area (Å²) >= 11 is 5.43. The Labute approximate surface area is 131 Å². The standard InChI is InChI=1S/C17H16BrNS/c1-2-11-7-10-16(20-11)17(19)14-8-9-15(18)13-6-4-3-5-12(13)14/h3-10,17H,2,19H2,1H3. The predicted molar refractivity (Wildman–Crippen MR) is 91.4 cm³/mol. The van der Waals surface area contributed by atoms with E-state index in [0.29, 0.717) is 0 Å². The molecule has 0 bridgehead atoms. The zero-order chi connectivity index (χ0) is 14.1. The second-order valence-electron chi connectivity index (χ2n) is 4.82. The normalized spacial score (nSPS) is 12.8. The van der Waals surface area contributed by atoms with E-state index in [2.05, 4.69) is 71.4 Å². The summed E-state index contributed by atoms with van der Waals surface area (Å²) in [4.78, 5) is 2.62. The summed E-state index contributed by atoms with van der Waals surface area (Å²) in [5.41, 5.74) is 7.68. The van der Waals surface area contributed by atoms with Gasteiger partial charge in [0.05, 0.1) is 6.04 Å². The SMILES string of the molecule is CCc1ccc(C(N)c2ccc(Br)c3ccccc23)s1. The van der Waals surface area contributed by atoms with Gasteiger partial charge in [-0.25, -0.2) is 0 Å². The van der Waals surface area contributed by atoms with Crippen LogP contribution in [0, 0.1) is 0 Å². The molecule has 2 N–H and O–H groups in total. The zero-order valence-corrected chi connectivity index (χ0v) is 13.7. The van der Waals surface area contributed by atoms with Crippen molar-refractivity contribution in [3.05, 3.63) is 68.3 Å². The second-order valence-corrected chi connectivity index (χ2v) is 6.87. The van der Waals surface area contributed by atoms with Gasteiger partial charge in [0.25, 0.3) is 0 Å². The van der Waals surface area contributed by atoms with Crippen molar-refractivity contribution < 1.29 is 0 Å². The molecule has 0 aliphatic rings. The maximum atomic E-state index is 6.50. The molecule has 3 heteroatoms. The summed E-state index contributed by atoms with van der Waals surface area (Å²) in [5, 5.41) is 2.44. The summed E-state index contributed by atoms with van der Waals surface area (Å²) in [7, 11) is 0. The van der Waals surface area contributed by atoms with Crippen LogP contribution in [0.1, 0.15) is 28.3 Å². The van der Waals surface area contributed by atoms with Crippen molar-refractivity contribution in [1.29, 1.82) is 0 Å². The van der Waals surface area contributed by atoms with E-state index in [1.54, 1.807) is 0 Å². The minimum atomic E-state index is -0.0571. The fourth-order valence-corrected chi connectivity index (χ4v) is 3.91. The molecule has 1 heterocycles. The first-order valence-corrected chi connectivity index (χ1v) is 8.33. The van der Waals surface area contributed by atoms with Crippen LogP contribution in [0.3, 0.4) is 0 Å². The number of rotatable bonds is 3. The summed E-state index contributed by atoms with van der Waals surface area (Å²) in [6, 6.07) is 16.9. The van der Waals surface area contributed by atoms with Crippen molar-refractivity contribution in [2.75, 3.05) is 0 Å². The largest absolute Gasteiger partial charge is 0.320 e. The third-order valence-corrected chi connectivity index (χ3v) is 5.58. The number of thiophene rings is 1. The van der Waals surface area contributed by atoms with E-state index in [1.807, 2.05) is 11.3 Å². The van der Waals surface area contributed by atoms with Gasteiger partial charge < -0.3 is 5.73 Å². The van der Waals surface area contributed by atoms with Gasteiger partial charge in [0.15, 0.2) is 0 Å². The lowest BCUT2D eigenvalue weighted by Crippen LogP contribution is -2.10. The van der Waals surface area contributed by atoms with Crippen molar-refractivity contribution in [2.45, 2.75) is 19.4 Å². The van der Waals surface area contributed by atoms with Crippen LogP contribution in [0.15, 0.2) is 53.0 Å². The first-order valence-electron chi connectivity index (χ1n) is 6.72. The first kappa shape index (κ1) is 13.8. The van der Waals surface area contributed by atoms with Crippen molar-refractivity contribution in [3.8, 4) is 0 Å². The van der Waals surface area contributed by atoms with Gasteiger partial charge in [-0.1, -0.05) is 53.2 Å². The molecule has 0 amide bonds. The number of hydrogen-bond donors (Lipinski definition) is 1. The monoisotopic (exact) mass is 345 g/mol. The highest BCUT2D eigenvalue weighted by molar-refractivity contribution is 9.10. The molecule has 20 heavy (non-hydrogen) atoms. The van der Waals surface area contributed by atoms with E-state index in [1.165, 1.54) is 26.1 Å². The summed E-state index contributed by atoms with van der Waals surface area (Å²) in [5.74, 6) is 0. The molecular formula is C17H16BrNS. The van der Waals surface area contributed by atoms with E-state index in [-0.39, 0.29) is 6.04 Å². The number of benzene rings is 2. The van der Waals surface area contributed by atoms with E-state index in [0.717, 1.165) is 10.9 Å². The fourth-order valence-electron chi connectivity index (χ4n) is 2.46. The van der Waals surface area contributed by atoms with Gasteiger partial charge in [0.1, 0.15) is 0 Å². The van der Waals surface area contributed by atoms with Crippen LogP contribution in [-0.4, -0.2) is 0 Å². The van der Waals surface area contributed by atoms with Crippen molar-refractivity contribution >= 4 is 38.0 Å². The first-order chi connectivity index (χ1) is 9.70. The highest BCUT2D eigenvalue weighted by atomic mass is 79.9. The highest BCUT2D eigenvalue weighted by Gasteiger charge is 2.15. The van der Waals surface area contributed by atoms with Crippen LogP contribution in [-0.2, 0) is 6.42 Å². The maximum Gasteiger partial charge on any atom is 0.0652 e. The Morgan fingerprint density at radius 2 is 1.80 bits per heavy atom. The molecule has 0 aliphatic heterocycles. The number of fused-ring (bicyclic) bond motifs is 1. The van der Waals surface area contributed by atoms with E-state index < -0.39 is 0 Å². The Hall–Kier alpha value is -1.16. The molecule has 1 nitrogen and oxygen atoms in total. The molecule has 1 aromatic heterocycles. The number of halogens is 1. The average Bonchev–Trinajstić information content (AvgIpc) is 2.96. The Morgan fingerprint density at radius 3 is 2.50 bits per heavy atom. The van der Waals surface area contributed by atoms with E-state index in [9.17, 15) is 0 Å². The molecule has 3 rings (SSSR count). The smallest absolute Gasteiger partial charge is 0.0652 e. The van der Waals surface area contributed by atoms with Crippen LogP contribution in [0.2, 0.25) is 0 Å². The molecule has 0 aliphatic carbocycles. The Kier molecular flexibility index (Phi) is 3.92. The number of nitrogens with two attached hydrogens (primary N) is 1. The van der Waals surface area contributed by atoms with Gasteiger partial charge in [-0.15, -0.1) is 11.3 Å². The lowest BCUT2D eigenvalue weighted by molar-refractivity contribution is 0.903. The zero-order valence-electron chi connectivity index (χ0n) is 11.3.